The highest BCUT2D eigenvalue weighted by atomic mass is 32.2. The van der Waals surface area contributed by atoms with Gasteiger partial charge in [0.05, 0.1) is 16.5 Å². The number of rotatable bonds is 7. The van der Waals surface area contributed by atoms with Gasteiger partial charge in [0.1, 0.15) is 11.6 Å². The first-order chi connectivity index (χ1) is 18.6. The molecule has 39 heavy (non-hydrogen) atoms. The summed E-state index contributed by atoms with van der Waals surface area (Å²) in [6, 6.07) is 25.5. The van der Waals surface area contributed by atoms with Crippen LogP contribution in [0.25, 0.3) is 10.9 Å². The summed E-state index contributed by atoms with van der Waals surface area (Å²) < 4.78 is 28.3. The van der Waals surface area contributed by atoms with Crippen LogP contribution < -0.4 is 5.32 Å². The predicted molar refractivity (Wildman–Crippen MR) is 157 cm³/mol. The number of hydrogen-bond donors (Lipinski definition) is 1. The number of aromatic nitrogens is 2. The third-order valence-electron chi connectivity index (χ3n) is 7.48. The summed E-state index contributed by atoms with van der Waals surface area (Å²) in [5, 5.41) is 4.49. The van der Waals surface area contributed by atoms with Crippen molar-refractivity contribution in [3.63, 3.8) is 0 Å². The van der Waals surface area contributed by atoms with Gasteiger partial charge < -0.3 is 5.32 Å². The molecule has 0 bridgehead atoms. The summed E-state index contributed by atoms with van der Waals surface area (Å²) in [5.41, 5.74) is 3.17. The molecule has 4 aromatic rings. The van der Waals surface area contributed by atoms with Crippen LogP contribution in [-0.2, 0) is 22.0 Å². The van der Waals surface area contributed by atoms with E-state index in [1.54, 1.807) is 16.4 Å². The molecule has 3 aromatic carbocycles. The van der Waals surface area contributed by atoms with E-state index >= 15 is 0 Å². The van der Waals surface area contributed by atoms with Crippen LogP contribution in [0.2, 0.25) is 0 Å². The minimum Gasteiger partial charge on any atom is -0.365 e. The molecular weight excluding hydrogens is 506 g/mol. The van der Waals surface area contributed by atoms with Gasteiger partial charge in [0.25, 0.3) is 0 Å². The third-order valence-corrected chi connectivity index (χ3v) is 9.39. The van der Waals surface area contributed by atoms with Gasteiger partial charge in [0, 0.05) is 38.1 Å². The van der Waals surface area contributed by atoms with Crippen molar-refractivity contribution in [1.29, 1.82) is 0 Å². The van der Waals surface area contributed by atoms with Gasteiger partial charge in [-0.2, -0.15) is 4.31 Å². The maximum absolute atomic E-state index is 13.3. The lowest BCUT2D eigenvalue weighted by Crippen LogP contribution is -2.49. The van der Waals surface area contributed by atoms with Crippen molar-refractivity contribution in [2.75, 3.05) is 31.5 Å². The molecule has 2 heterocycles. The van der Waals surface area contributed by atoms with Gasteiger partial charge in [0.2, 0.25) is 10.0 Å². The topological polar surface area (TPSA) is 78.4 Å². The van der Waals surface area contributed by atoms with E-state index in [1.165, 1.54) is 5.56 Å². The van der Waals surface area contributed by atoms with Crippen LogP contribution in [0.15, 0.2) is 83.8 Å². The summed E-state index contributed by atoms with van der Waals surface area (Å²) in [7, 11) is -3.54. The van der Waals surface area contributed by atoms with Crippen molar-refractivity contribution < 1.29 is 8.42 Å². The van der Waals surface area contributed by atoms with Crippen molar-refractivity contribution >= 4 is 26.7 Å². The lowest BCUT2D eigenvalue weighted by Gasteiger charge is -2.37. The Labute approximate surface area is 232 Å². The molecule has 1 aliphatic rings. The van der Waals surface area contributed by atoms with Crippen molar-refractivity contribution in [3.8, 4) is 0 Å². The number of anilines is 1. The molecular formula is C31H37N5O2S. The summed E-state index contributed by atoms with van der Waals surface area (Å²) in [6.45, 7) is 11.2. The second-order valence-corrected chi connectivity index (χ2v) is 13.1. The summed E-state index contributed by atoms with van der Waals surface area (Å²) in [4.78, 5) is 12.4. The van der Waals surface area contributed by atoms with Crippen molar-refractivity contribution in [1.82, 2.24) is 19.2 Å². The highest BCUT2D eigenvalue weighted by Crippen LogP contribution is 2.28. The maximum Gasteiger partial charge on any atom is 0.243 e. The molecule has 1 fully saturated rings. The smallest absolute Gasteiger partial charge is 0.243 e. The zero-order chi connectivity index (χ0) is 27.6. The quantitative estimate of drug-likeness (QED) is 0.327. The molecule has 8 heteroatoms. The van der Waals surface area contributed by atoms with E-state index in [0.717, 1.165) is 28.1 Å². The van der Waals surface area contributed by atoms with Gasteiger partial charge in [-0.05, 0) is 47.7 Å². The molecule has 1 N–H and O–H groups in total. The molecule has 1 aromatic heterocycles. The van der Waals surface area contributed by atoms with Crippen molar-refractivity contribution in [2.24, 2.45) is 0 Å². The van der Waals surface area contributed by atoms with Crippen LogP contribution in [0.4, 0.5) is 5.82 Å². The number of piperazine rings is 1. The molecule has 1 atom stereocenters. The molecule has 0 amide bonds. The Morgan fingerprint density at radius 1 is 0.846 bits per heavy atom. The largest absolute Gasteiger partial charge is 0.365 e. The zero-order valence-electron chi connectivity index (χ0n) is 23.1. The van der Waals surface area contributed by atoms with E-state index in [4.69, 9.17) is 9.97 Å². The van der Waals surface area contributed by atoms with E-state index in [9.17, 15) is 8.42 Å². The molecule has 1 saturated heterocycles. The molecule has 5 rings (SSSR count). The highest BCUT2D eigenvalue weighted by Gasteiger charge is 2.31. The van der Waals surface area contributed by atoms with Gasteiger partial charge in [-0.25, -0.2) is 18.4 Å². The van der Waals surface area contributed by atoms with Crippen LogP contribution in [0.3, 0.4) is 0 Å². The van der Waals surface area contributed by atoms with E-state index < -0.39 is 10.0 Å². The second-order valence-electron chi connectivity index (χ2n) is 11.2. The first kappa shape index (κ1) is 27.2. The average Bonchev–Trinajstić information content (AvgIpc) is 2.95. The molecule has 0 aliphatic carbocycles. The fourth-order valence-corrected chi connectivity index (χ4v) is 6.39. The van der Waals surface area contributed by atoms with Crippen LogP contribution in [0, 0.1) is 0 Å². The Bertz CT molecular complexity index is 1530. The fourth-order valence-electron chi connectivity index (χ4n) is 4.97. The standard InChI is InChI=1S/C31H37N5O2S/c1-23(29-33-28-13-9-8-12-27(28)30(34-29)32-22-24-10-6-5-7-11-24)35-18-20-36(21-19-35)39(37,38)26-16-14-25(15-17-26)31(2,3)4/h5-17,23H,18-22H2,1-4H3,(H,32,33,34). The van der Waals surface area contributed by atoms with E-state index in [-0.39, 0.29) is 11.5 Å². The molecule has 1 aliphatic heterocycles. The number of hydrogen-bond acceptors (Lipinski definition) is 6. The van der Waals surface area contributed by atoms with Crippen LogP contribution in [0.1, 0.15) is 50.7 Å². The number of para-hydroxylation sites is 1. The van der Waals surface area contributed by atoms with Crippen molar-refractivity contribution in [3.05, 3.63) is 95.8 Å². The number of fused-ring (bicyclic) bond motifs is 1. The van der Waals surface area contributed by atoms with Crippen LogP contribution >= 0.6 is 0 Å². The van der Waals surface area contributed by atoms with Gasteiger partial charge in [-0.15, -0.1) is 0 Å². The number of nitrogens with one attached hydrogen (secondary N) is 1. The molecule has 0 radical (unpaired) electrons. The first-order valence-electron chi connectivity index (χ1n) is 13.5. The normalized spacial score (nSPS) is 16.3. The Morgan fingerprint density at radius 3 is 2.15 bits per heavy atom. The zero-order valence-corrected chi connectivity index (χ0v) is 23.9. The Hall–Kier alpha value is -3.33. The lowest BCUT2D eigenvalue weighted by atomic mass is 9.87. The number of nitrogens with zero attached hydrogens (tertiary/aromatic N) is 4. The molecule has 0 saturated carbocycles. The minimum atomic E-state index is -3.54. The van der Waals surface area contributed by atoms with Gasteiger partial charge in [0.15, 0.2) is 0 Å². The fraction of sp³-hybridized carbons (Fsp3) is 0.355. The monoisotopic (exact) mass is 543 g/mol. The molecule has 1 unspecified atom stereocenters. The van der Waals surface area contributed by atoms with E-state index in [2.05, 4.69) is 50.0 Å². The second kappa shape index (κ2) is 11.0. The maximum atomic E-state index is 13.3. The van der Waals surface area contributed by atoms with Crippen LogP contribution in [0.5, 0.6) is 0 Å². The third kappa shape index (κ3) is 5.98. The lowest BCUT2D eigenvalue weighted by molar-refractivity contribution is 0.141. The minimum absolute atomic E-state index is 0.0220. The van der Waals surface area contributed by atoms with Crippen molar-refractivity contribution in [2.45, 2.75) is 50.6 Å². The summed E-state index contributed by atoms with van der Waals surface area (Å²) in [5.74, 6) is 1.55. The molecule has 0 spiro atoms. The SMILES string of the molecule is CC(c1nc(NCc2ccccc2)c2ccccc2n1)N1CCN(S(=O)(=O)c2ccc(C(C)(C)C)cc2)CC1. The first-order valence-corrected chi connectivity index (χ1v) is 15.0. The number of benzene rings is 3. The highest BCUT2D eigenvalue weighted by molar-refractivity contribution is 7.89. The predicted octanol–water partition coefficient (Wildman–Crippen LogP) is 5.61. The van der Waals surface area contributed by atoms with E-state index in [0.29, 0.717) is 37.6 Å². The van der Waals surface area contributed by atoms with Gasteiger partial charge in [-0.1, -0.05) is 75.4 Å². The summed E-state index contributed by atoms with van der Waals surface area (Å²) in [6.07, 6.45) is 0. The van der Waals surface area contributed by atoms with Gasteiger partial charge in [-0.3, -0.25) is 4.90 Å². The number of sulfonamides is 1. The van der Waals surface area contributed by atoms with Gasteiger partial charge >= 0.3 is 0 Å². The average molecular weight is 544 g/mol. The Kier molecular flexibility index (Phi) is 7.71. The molecule has 7 nitrogen and oxygen atoms in total. The summed E-state index contributed by atoms with van der Waals surface area (Å²) >= 11 is 0. The van der Waals surface area contributed by atoms with Crippen LogP contribution in [-0.4, -0.2) is 53.8 Å². The van der Waals surface area contributed by atoms with E-state index in [1.807, 2.05) is 54.6 Å². The Morgan fingerprint density at radius 2 is 1.49 bits per heavy atom. The molecule has 204 valence electrons. The Balaban J connectivity index is 1.30.